The molecule has 0 saturated carbocycles. The van der Waals surface area contributed by atoms with Crippen LogP contribution < -0.4 is 10.9 Å². The van der Waals surface area contributed by atoms with Crippen molar-refractivity contribution in [3.8, 4) is 0 Å². The van der Waals surface area contributed by atoms with E-state index < -0.39 is 17.6 Å². The van der Waals surface area contributed by atoms with Gasteiger partial charge in [-0.3, -0.25) is 14.2 Å². The number of benzene rings is 2. The van der Waals surface area contributed by atoms with Crippen molar-refractivity contribution in [2.45, 2.75) is 44.8 Å². The molecule has 1 amide bonds. The number of nitrogens with zero attached hydrogens (tertiary/aromatic N) is 2. The fraction of sp³-hybridized carbons (Fsp3) is 0.269. The third kappa shape index (κ3) is 4.86. The Bertz CT molecular complexity index is 1460. The van der Waals surface area contributed by atoms with Crippen molar-refractivity contribution in [1.82, 2.24) is 9.55 Å². The van der Waals surface area contributed by atoms with Gasteiger partial charge in [-0.1, -0.05) is 36.4 Å². The molecular weight excluding hydrogens is 475 g/mol. The van der Waals surface area contributed by atoms with Gasteiger partial charge < -0.3 is 5.32 Å². The summed E-state index contributed by atoms with van der Waals surface area (Å²) in [5, 5.41) is 3.06. The van der Waals surface area contributed by atoms with Crippen LogP contribution in [-0.2, 0) is 36.8 Å². The Morgan fingerprint density at radius 2 is 1.83 bits per heavy atom. The van der Waals surface area contributed by atoms with Gasteiger partial charge in [-0.25, -0.2) is 4.98 Å². The quantitative estimate of drug-likeness (QED) is 0.391. The highest BCUT2D eigenvalue weighted by Crippen LogP contribution is 2.34. The number of aromatic nitrogens is 2. The zero-order valence-electron chi connectivity index (χ0n) is 18.7. The second-order valence-corrected chi connectivity index (χ2v) is 9.68. The highest BCUT2D eigenvalue weighted by molar-refractivity contribution is 7.18. The molecule has 0 fully saturated rings. The number of hydrogen-bond acceptors (Lipinski definition) is 4. The first-order valence-corrected chi connectivity index (χ1v) is 12.2. The summed E-state index contributed by atoms with van der Waals surface area (Å²) in [6, 6.07) is 13.9. The minimum absolute atomic E-state index is 0.0180. The summed E-state index contributed by atoms with van der Waals surface area (Å²) in [7, 11) is 0. The number of hydrogen-bond donors (Lipinski definition) is 1. The zero-order chi connectivity index (χ0) is 24.6. The molecule has 0 bridgehead atoms. The Kier molecular flexibility index (Phi) is 6.19. The molecule has 0 radical (unpaired) electrons. The van der Waals surface area contributed by atoms with Gasteiger partial charge in [-0.2, -0.15) is 13.2 Å². The predicted molar refractivity (Wildman–Crippen MR) is 130 cm³/mol. The highest BCUT2D eigenvalue weighted by atomic mass is 32.1. The standard InChI is InChI=1S/C26H22F3N3O2S/c27-26(28,29)17-9-6-10-18(14-17)30-22(33)15-32-21(13-16-7-2-1-3-8-16)31-24-23(25(32)34)19-11-4-5-12-20(19)35-24/h1-3,6-10,14H,4-5,11-13,15H2,(H,30,33). The van der Waals surface area contributed by atoms with Gasteiger partial charge in [0.05, 0.1) is 10.9 Å². The maximum absolute atomic E-state index is 13.6. The van der Waals surface area contributed by atoms with Crippen molar-refractivity contribution < 1.29 is 18.0 Å². The molecule has 0 aliphatic heterocycles. The van der Waals surface area contributed by atoms with Crippen molar-refractivity contribution in [2.24, 2.45) is 0 Å². The molecule has 1 aliphatic carbocycles. The van der Waals surface area contributed by atoms with Gasteiger partial charge >= 0.3 is 6.18 Å². The summed E-state index contributed by atoms with van der Waals surface area (Å²) in [6.45, 7) is -0.342. The number of rotatable bonds is 5. The van der Waals surface area contributed by atoms with Gasteiger partial charge in [0.25, 0.3) is 5.56 Å². The number of halogens is 3. The summed E-state index contributed by atoms with van der Waals surface area (Å²) in [5.74, 6) is -0.141. The number of amides is 1. The number of aryl methyl sites for hydroxylation is 2. The van der Waals surface area contributed by atoms with Gasteiger partial charge in [0.15, 0.2) is 0 Å². The molecule has 5 rings (SSSR count). The second-order valence-electron chi connectivity index (χ2n) is 8.60. The van der Waals surface area contributed by atoms with Crippen LogP contribution in [-0.4, -0.2) is 15.5 Å². The van der Waals surface area contributed by atoms with Gasteiger partial charge in [0.1, 0.15) is 17.2 Å². The van der Waals surface area contributed by atoms with E-state index in [1.165, 1.54) is 21.6 Å². The minimum Gasteiger partial charge on any atom is -0.325 e. The SMILES string of the molecule is O=C(Cn1c(Cc2ccccc2)nc2sc3c(c2c1=O)CCCC3)Nc1cccc(C(F)(F)F)c1. The molecule has 2 heterocycles. The summed E-state index contributed by atoms with van der Waals surface area (Å²) in [6.07, 6.45) is -0.371. The topological polar surface area (TPSA) is 64.0 Å². The number of fused-ring (bicyclic) bond motifs is 3. The smallest absolute Gasteiger partial charge is 0.325 e. The van der Waals surface area contributed by atoms with Crippen molar-refractivity contribution in [3.05, 3.63) is 92.3 Å². The Morgan fingerprint density at radius 1 is 1.06 bits per heavy atom. The molecule has 0 atom stereocenters. The van der Waals surface area contributed by atoms with Crippen LogP contribution in [0.4, 0.5) is 18.9 Å². The lowest BCUT2D eigenvalue weighted by Gasteiger charge is -2.15. The van der Waals surface area contributed by atoms with E-state index in [4.69, 9.17) is 4.98 Å². The van der Waals surface area contributed by atoms with E-state index >= 15 is 0 Å². The molecule has 35 heavy (non-hydrogen) atoms. The summed E-state index contributed by atoms with van der Waals surface area (Å²) < 4.78 is 40.5. The van der Waals surface area contributed by atoms with E-state index in [1.807, 2.05) is 30.3 Å². The monoisotopic (exact) mass is 497 g/mol. The third-order valence-electron chi connectivity index (χ3n) is 6.13. The summed E-state index contributed by atoms with van der Waals surface area (Å²) in [4.78, 5) is 33.2. The van der Waals surface area contributed by atoms with Crippen molar-refractivity contribution in [2.75, 3.05) is 5.32 Å². The largest absolute Gasteiger partial charge is 0.416 e. The lowest BCUT2D eigenvalue weighted by atomic mass is 9.97. The van der Waals surface area contributed by atoms with Crippen LogP contribution in [0.15, 0.2) is 59.4 Å². The van der Waals surface area contributed by atoms with Crippen molar-refractivity contribution in [1.29, 1.82) is 0 Å². The predicted octanol–water partition coefficient (Wildman–Crippen LogP) is 5.59. The lowest BCUT2D eigenvalue weighted by Crippen LogP contribution is -2.31. The molecule has 180 valence electrons. The zero-order valence-corrected chi connectivity index (χ0v) is 19.5. The molecular formula is C26H22F3N3O2S. The van der Waals surface area contributed by atoms with Crippen LogP contribution in [0, 0.1) is 0 Å². The first kappa shape index (κ1) is 23.3. The van der Waals surface area contributed by atoms with Gasteiger partial charge in [0, 0.05) is 17.0 Å². The molecule has 0 spiro atoms. The molecule has 2 aromatic carbocycles. The number of anilines is 1. The summed E-state index contributed by atoms with van der Waals surface area (Å²) in [5.41, 5.74) is 0.841. The van der Waals surface area contributed by atoms with E-state index in [-0.39, 0.29) is 17.8 Å². The van der Waals surface area contributed by atoms with Crippen LogP contribution in [0.1, 0.15) is 40.2 Å². The second kappa shape index (κ2) is 9.30. The first-order valence-electron chi connectivity index (χ1n) is 11.3. The number of carbonyl (C=O) groups excluding carboxylic acids is 1. The Morgan fingerprint density at radius 3 is 2.60 bits per heavy atom. The van der Waals surface area contributed by atoms with Crippen LogP contribution in [0.2, 0.25) is 0 Å². The van der Waals surface area contributed by atoms with Crippen LogP contribution in [0.3, 0.4) is 0 Å². The molecule has 1 aliphatic rings. The van der Waals surface area contributed by atoms with E-state index in [1.54, 1.807) is 11.3 Å². The normalized spacial score (nSPS) is 13.6. The molecule has 0 unspecified atom stereocenters. The molecule has 2 aromatic heterocycles. The Hall–Kier alpha value is -3.46. The fourth-order valence-corrected chi connectivity index (χ4v) is 5.75. The van der Waals surface area contributed by atoms with Gasteiger partial charge in [0.2, 0.25) is 5.91 Å². The van der Waals surface area contributed by atoms with Crippen LogP contribution in [0.5, 0.6) is 0 Å². The lowest BCUT2D eigenvalue weighted by molar-refractivity contribution is -0.137. The third-order valence-corrected chi connectivity index (χ3v) is 7.32. The highest BCUT2D eigenvalue weighted by Gasteiger charge is 2.30. The number of nitrogens with one attached hydrogen (secondary N) is 1. The molecule has 9 heteroatoms. The van der Waals surface area contributed by atoms with E-state index in [9.17, 15) is 22.8 Å². The van der Waals surface area contributed by atoms with E-state index in [0.29, 0.717) is 22.5 Å². The first-order chi connectivity index (χ1) is 16.8. The van der Waals surface area contributed by atoms with Crippen LogP contribution >= 0.6 is 11.3 Å². The van der Waals surface area contributed by atoms with Gasteiger partial charge in [-0.15, -0.1) is 11.3 Å². The Labute approximate surface area is 203 Å². The van der Waals surface area contributed by atoms with Crippen molar-refractivity contribution in [3.63, 3.8) is 0 Å². The fourth-order valence-electron chi connectivity index (χ4n) is 4.47. The number of alkyl halides is 3. The number of thiophene rings is 1. The summed E-state index contributed by atoms with van der Waals surface area (Å²) >= 11 is 1.54. The Balaban J connectivity index is 1.52. The minimum atomic E-state index is -4.52. The van der Waals surface area contributed by atoms with E-state index in [0.717, 1.165) is 48.9 Å². The van der Waals surface area contributed by atoms with Gasteiger partial charge in [-0.05, 0) is 55.0 Å². The molecule has 0 saturated heterocycles. The molecule has 5 nitrogen and oxygen atoms in total. The maximum Gasteiger partial charge on any atom is 0.416 e. The molecule has 4 aromatic rings. The van der Waals surface area contributed by atoms with Crippen molar-refractivity contribution >= 4 is 33.1 Å². The maximum atomic E-state index is 13.6. The average molecular weight is 498 g/mol. The van der Waals surface area contributed by atoms with Crippen LogP contribution in [0.25, 0.3) is 10.2 Å². The van der Waals surface area contributed by atoms with E-state index in [2.05, 4.69) is 5.32 Å². The number of carbonyl (C=O) groups is 1. The average Bonchev–Trinajstić information content (AvgIpc) is 3.20. The molecule has 1 N–H and O–H groups in total.